The van der Waals surface area contributed by atoms with E-state index in [4.69, 9.17) is 0 Å². The molecule has 126 valence electrons. The first kappa shape index (κ1) is 16.8. The standard InChI is InChI=1S/C16H13FN6OS/c17-14-9-5-4-6-12(14)10-18-19-15(24)11-25-16-20-21-22-23(16)13-7-2-1-3-8-13/h1-10H,11H2,(H,19,24). The normalized spacial score (nSPS) is 10.9. The molecule has 0 fully saturated rings. The van der Waals surface area contributed by atoms with Gasteiger partial charge in [-0.05, 0) is 28.6 Å². The smallest absolute Gasteiger partial charge is 0.250 e. The van der Waals surface area contributed by atoms with Gasteiger partial charge in [-0.1, -0.05) is 48.2 Å². The molecule has 0 saturated heterocycles. The molecule has 0 aliphatic carbocycles. The van der Waals surface area contributed by atoms with Gasteiger partial charge in [0, 0.05) is 5.56 Å². The Labute approximate surface area is 146 Å². The number of benzene rings is 2. The van der Waals surface area contributed by atoms with Crippen LogP contribution in [-0.4, -0.2) is 38.1 Å². The number of nitrogens with one attached hydrogen (secondary N) is 1. The Kier molecular flexibility index (Phi) is 5.47. The lowest BCUT2D eigenvalue weighted by Crippen LogP contribution is -2.20. The highest BCUT2D eigenvalue weighted by Gasteiger charge is 2.11. The van der Waals surface area contributed by atoms with E-state index in [0.29, 0.717) is 10.7 Å². The van der Waals surface area contributed by atoms with E-state index in [1.54, 1.807) is 22.9 Å². The van der Waals surface area contributed by atoms with E-state index in [2.05, 4.69) is 26.1 Å². The number of carbonyl (C=O) groups excluding carboxylic acids is 1. The third-order valence-corrected chi connectivity index (χ3v) is 3.99. The van der Waals surface area contributed by atoms with Crippen LogP contribution < -0.4 is 5.43 Å². The number of carbonyl (C=O) groups is 1. The number of amides is 1. The summed E-state index contributed by atoms with van der Waals surface area (Å²) in [4.78, 5) is 11.8. The molecule has 1 amide bonds. The second kappa shape index (κ2) is 8.15. The topological polar surface area (TPSA) is 85.1 Å². The first-order chi connectivity index (χ1) is 12.2. The summed E-state index contributed by atoms with van der Waals surface area (Å²) < 4.78 is 15.0. The number of nitrogens with zero attached hydrogens (tertiary/aromatic N) is 5. The van der Waals surface area contributed by atoms with Crippen LogP contribution in [0.5, 0.6) is 0 Å². The summed E-state index contributed by atoms with van der Waals surface area (Å²) in [6.07, 6.45) is 1.26. The number of rotatable bonds is 6. The van der Waals surface area contributed by atoms with Gasteiger partial charge in [0.15, 0.2) is 0 Å². The molecule has 1 aromatic heterocycles. The van der Waals surface area contributed by atoms with Crippen LogP contribution in [0.4, 0.5) is 4.39 Å². The molecule has 0 radical (unpaired) electrons. The monoisotopic (exact) mass is 356 g/mol. The molecule has 0 aliphatic heterocycles. The molecule has 0 saturated carbocycles. The molecular formula is C16H13FN6OS. The third kappa shape index (κ3) is 4.48. The van der Waals surface area contributed by atoms with Crippen molar-refractivity contribution in [3.63, 3.8) is 0 Å². The van der Waals surface area contributed by atoms with Gasteiger partial charge in [0.1, 0.15) is 5.82 Å². The van der Waals surface area contributed by atoms with Crippen LogP contribution in [-0.2, 0) is 4.79 Å². The molecule has 25 heavy (non-hydrogen) atoms. The van der Waals surface area contributed by atoms with Crippen molar-refractivity contribution < 1.29 is 9.18 Å². The Morgan fingerprint density at radius 2 is 1.96 bits per heavy atom. The predicted molar refractivity (Wildman–Crippen MR) is 92.0 cm³/mol. The molecule has 1 heterocycles. The number of para-hydroxylation sites is 1. The van der Waals surface area contributed by atoms with Crippen molar-refractivity contribution in [2.75, 3.05) is 5.75 Å². The van der Waals surface area contributed by atoms with Gasteiger partial charge < -0.3 is 0 Å². The van der Waals surface area contributed by atoms with E-state index in [9.17, 15) is 9.18 Å². The maximum Gasteiger partial charge on any atom is 0.250 e. The molecule has 0 aliphatic rings. The Hall–Kier alpha value is -3.07. The van der Waals surface area contributed by atoms with Gasteiger partial charge in [-0.3, -0.25) is 4.79 Å². The minimum absolute atomic E-state index is 0.0712. The molecule has 3 aromatic rings. The lowest BCUT2D eigenvalue weighted by molar-refractivity contribution is -0.118. The quantitative estimate of drug-likeness (QED) is 0.415. The van der Waals surface area contributed by atoms with Gasteiger partial charge in [0.05, 0.1) is 17.7 Å². The van der Waals surface area contributed by atoms with Gasteiger partial charge in [-0.25, -0.2) is 9.82 Å². The van der Waals surface area contributed by atoms with E-state index in [0.717, 1.165) is 5.69 Å². The van der Waals surface area contributed by atoms with Gasteiger partial charge >= 0.3 is 0 Å². The maximum absolute atomic E-state index is 13.4. The van der Waals surface area contributed by atoms with Gasteiger partial charge in [0.2, 0.25) is 5.16 Å². The Morgan fingerprint density at radius 1 is 1.20 bits per heavy atom. The number of hydrazone groups is 1. The minimum atomic E-state index is -0.406. The fourth-order valence-corrected chi connectivity index (χ4v) is 2.60. The number of aromatic nitrogens is 4. The Balaban J connectivity index is 1.55. The zero-order valence-corrected chi connectivity index (χ0v) is 13.7. The Morgan fingerprint density at radius 3 is 2.76 bits per heavy atom. The summed E-state index contributed by atoms with van der Waals surface area (Å²) in [5.41, 5.74) is 3.44. The van der Waals surface area contributed by atoms with Gasteiger partial charge in [0.25, 0.3) is 5.91 Å². The van der Waals surface area contributed by atoms with E-state index >= 15 is 0 Å². The number of hydrogen-bond donors (Lipinski definition) is 1. The van der Waals surface area contributed by atoms with Crippen LogP contribution in [0.2, 0.25) is 0 Å². The maximum atomic E-state index is 13.4. The molecule has 3 rings (SSSR count). The molecule has 0 spiro atoms. The average molecular weight is 356 g/mol. The van der Waals surface area contributed by atoms with Crippen molar-refractivity contribution in [2.45, 2.75) is 5.16 Å². The first-order valence-electron chi connectivity index (χ1n) is 7.27. The van der Waals surface area contributed by atoms with Crippen molar-refractivity contribution in [2.24, 2.45) is 5.10 Å². The average Bonchev–Trinajstić information content (AvgIpc) is 3.11. The molecule has 2 aromatic carbocycles. The van der Waals surface area contributed by atoms with E-state index in [-0.39, 0.29) is 11.7 Å². The highest BCUT2D eigenvalue weighted by atomic mass is 32.2. The number of thioether (sulfide) groups is 1. The van der Waals surface area contributed by atoms with Crippen molar-refractivity contribution in [1.29, 1.82) is 0 Å². The molecule has 0 unspecified atom stereocenters. The summed E-state index contributed by atoms with van der Waals surface area (Å²) in [7, 11) is 0. The van der Waals surface area contributed by atoms with Crippen LogP contribution in [0.1, 0.15) is 5.56 Å². The Bertz CT molecular complexity index is 883. The fourth-order valence-electron chi connectivity index (χ4n) is 1.92. The second-order valence-electron chi connectivity index (χ2n) is 4.81. The highest BCUT2D eigenvalue weighted by Crippen LogP contribution is 2.17. The molecule has 1 N–H and O–H groups in total. The van der Waals surface area contributed by atoms with Crippen LogP contribution in [0.25, 0.3) is 5.69 Å². The summed E-state index contributed by atoms with van der Waals surface area (Å²) in [5.74, 6) is -0.681. The van der Waals surface area contributed by atoms with Crippen molar-refractivity contribution in [3.8, 4) is 5.69 Å². The van der Waals surface area contributed by atoms with Gasteiger partial charge in [-0.2, -0.15) is 9.78 Å². The first-order valence-corrected chi connectivity index (χ1v) is 8.25. The van der Waals surface area contributed by atoms with E-state index in [1.165, 1.54) is 24.0 Å². The van der Waals surface area contributed by atoms with Crippen molar-refractivity contribution in [3.05, 3.63) is 66.0 Å². The zero-order valence-electron chi connectivity index (χ0n) is 12.9. The molecule has 7 nitrogen and oxygen atoms in total. The fraction of sp³-hybridized carbons (Fsp3) is 0.0625. The summed E-state index contributed by atoms with van der Waals surface area (Å²) in [5, 5.41) is 15.7. The minimum Gasteiger partial charge on any atom is -0.272 e. The molecular weight excluding hydrogens is 343 g/mol. The van der Waals surface area contributed by atoms with Crippen LogP contribution in [0, 0.1) is 5.82 Å². The van der Waals surface area contributed by atoms with Crippen LogP contribution in [0.15, 0.2) is 64.9 Å². The highest BCUT2D eigenvalue weighted by molar-refractivity contribution is 7.99. The third-order valence-electron chi connectivity index (χ3n) is 3.07. The molecule has 0 bridgehead atoms. The van der Waals surface area contributed by atoms with Gasteiger partial charge in [-0.15, -0.1) is 5.10 Å². The molecule has 0 atom stereocenters. The predicted octanol–water partition coefficient (Wildman–Crippen LogP) is 2.04. The number of hydrogen-bond acceptors (Lipinski definition) is 6. The van der Waals surface area contributed by atoms with Crippen LogP contribution in [0.3, 0.4) is 0 Å². The number of tetrazole rings is 1. The lowest BCUT2D eigenvalue weighted by Gasteiger charge is -2.03. The second-order valence-corrected chi connectivity index (χ2v) is 5.75. The van der Waals surface area contributed by atoms with E-state index in [1.807, 2.05) is 30.3 Å². The lowest BCUT2D eigenvalue weighted by atomic mass is 10.2. The molecule has 9 heteroatoms. The van der Waals surface area contributed by atoms with Crippen molar-refractivity contribution >= 4 is 23.9 Å². The van der Waals surface area contributed by atoms with Crippen molar-refractivity contribution in [1.82, 2.24) is 25.6 Å². The van der Waals surface area contributed by atoms with E-state index < -0.39 is 5.82 Å². The zero-order chi connectivity index (χ0) is 17.5. The summed E-state index contributed by atoms with van der Waals surface area (Å²) in [6.45, 7) is 0. The number of halogens is 1. The summed E-state index contributed by atoms with van der Waals surface area (Å²) in [6, 6.07) is 15.5. The SMILES string of the molecule is O=C(CSc1nnnn1-c1ccccc1)NN=Cc1ccccc1F. The largest absolute Gasteiger partial charge is 0.272 e. The summed E-state index contributed by atoms with van der Waals surface area (Å²) >= 11 is 1.17. The van der Waals surface area contributed by atoms with Crippen LogP contribution >= 0.6 is 11.8 Å².